The Morgan fingerprint density at radius 3 is 2.80 bits per heavy atom. The third-order valence-corrected chi connectivity index (χ3v) is 3.35. The summed E-state index contributed by atoms with van der Waals surface area (Å²) in [6.07, 6.45) is 2.02. The molecule has 0 saturated carbocycles. The van der Waals surface area contributed by atoms with E-state index in [-0.39, 0.29) is 11.8 Å². The van der Waals surface area contributed by atoms with Crippen molar-refractivity contribution in [2.45, 2.75) is 12.8 Å². The molecule has 1 aliphatic heterocycles. The number of benzene rings is 1. The second-order valence-corrected chi connectivity index (χ2v) is 4.90. The number of carbonyl (C=O) groups is 1. The first-order valence-electron chi connectivity index (χ1n) is 7.03. The maximum absolute atomic E-state index is 12.1. The van der Waals surface area contributed by atoms with Crippen LogP contribution in [0.4, 0.5) is 5.69 Å². The first kappa shape index (κ1) is 14.8. The summed E-state index contributed by atoms with van der Waals surface area (Å²) in [5.41, 5.74) is 0.805. The molecule has 0 aromatic heterocycles. The van der Waals surface area contributed by atoms with E-state index in [2.05, 4.69) is 10.6 Å². The Morgan fingerprint density at radius 1 is 1.35 bits per heavy atom. The van der Waals surface area contributed by atoms with Crippen LogP contribution >= 0.6 is 0 Å². The van der Waals surface area contributed by atoms with Crippen molar-refractivity contribution in [3.8, 4) is 5.75 Å². The molecule has 0 radical (unpaired) electrons. The van der Waals surface area contributed by atoms with Crippen LogP contribution in [0.1, 0.15) is 12.8 Å². The van der Waals surface area contributed by atoms with Crippen LogP contribution in [-0.2, 0) is 9.53 Å². The first-order valence-corrected chi connectivity index (χ1v) is 7.03. The van der Waals surface area contributed by atoms with Gasteiger partial charge in [-0.15, -0.1) is 0 Å². The highest BCUT2D eigenvalue weighted by molar-refractivity contribution is 5.92. The summed E-state index contributed by atoms with van der Waals surface area (Å²) in [4.78, 5) is 12.1. The van der Waals surface area contributed by atoms with Gasteiger partial charge in [0.2, 0.25) is 5.91 Å². The van der Waals surface area contributed by atoms with E-state index in [0.717, 1.165) is 37.4 Å². The first-order chi connectivity index (χ1) is 9.79. The monoisotopic (exact) mass is 278 g/mol. The largest absolute Gasteiger partial charge is 0.491 e. The minimum atomic E-state index is 0.0707. The quantitative estimate of drug-likeness (QED) is 0.777. The Kier molecular flexibility index (Phi) is 5.83. The summed E-state index contributed by atoms with van der Waals surface area (Å²) in [7, 11) is 1.64. The van der Waals surface area contributed by atoms with Crippen molar-refractivity contribution >= 4 is 11.6 Å². The number of rotatable bonds is 6. The zero-order chi connectivity index (χ0) is 14.2. The summed E-state index contributed by atoms with van der Waals surface area (Å²) in [6, 6.07) is 7.42. The van der Waals surface area contributed by atoms with Gasteiger partial charge in [-0.2, -0.15) is 0 Å². The molecular weight excluding hydrogens is 256 g/mol. The molecule has 5 nitrogen and oxygen atoms in total. The van der Waals surface area contributed by atoms with Gasteiger partial charge in [0.05, 0.1) is 12.5 Å². The lowest BCUT2D eigenvalue weighted by molar-refractivity contribution is -0.120. The number of methoxy groups -OCH3 is 1. The number of ether oxygens (including phenoxy) is 2. The van der Waals surface area contributed by atoms with Crippen molar-refractivity contribution in [2.24, 2.45) is 5.92 Å². The highest BCUT2D eigenvalue weighted by Crippen LogP contribution is 2.18. The highest BCUT2D eigenvalue weighted by atomic mass is 16.5. The number of carbonyl (C=O) groups excluding carboxylic acids is 1. The lowest BCUT2D eigenvalue weighted by Gasteiger charge is -2.21. The molecule has 1 aromatic rings. The third kappa shape index (κ3) is 4.51. The molecule has 1 unspecified atom stereocenters. The predicted molar refractivity (Wildman–Crippen MR) is 78.0 cm³/mol. The van der Waals surface area contributed by atoms with Gasteiger partial charge in [0.15, 0.2) is 0 Å². The van der Waals surface area contributed by atoms with Gasteiger partial charge in [0, 0.05) is 19.3 Å². The zero-order valence-corrected chi connectivity index (χ0v) is 11.9. The van der Waals surface area contributed by atoms with Crippen LogP contribution < -0.4 is 15.4 Å². The number of piperidine rings is 1. The molecule has 2 rings (SSSR count). The molecule has 1 aromatic carbocycles. The standard InChI is InChI=1S/C15H22N2O3/c1-19-9-10-20-14-6-4-13(5-7-14)17-15(18)12-3-2-8-16-11-12/h4-7,12,16H,2-3,8-11H2,1H3,(H,17,18). The summed E-state index contributed by atoms with van der Waals surface area (Å²) >= 11 is 0. The van der Waals surface area contributed by atoms with E-state index in [1.807, 2.05) is 24.3 Å². The Bertz CT molecular complexity index is 414. The number of hydrogen-bond donors (Lipinski definition) is 2. The molecule has 0 aliphatic carbocycles. The average Bonchev–Trinajstić information content (AvgIpc) is 2.50. The molecule has 1 amide bonds. The molecule has 1 heterocycles. The number of anilines is 1. The van der Waals surface area contributed by atoms with Crippen LogP contribution in [0.5, 0.6) is 5.75 Å². The predicted octanol–water partition coefficient (Wildman–Crippen LogP) is 1.65. The maximum Gasteiger partial charge on any atom is 0.228 e. The van der Waals surface area contributed by atoms with Gasteiger partial charge >= 0.3 is 0 Å². The number of nitrogens with one attached hydrogen (secondary N) is 2. The van der Waals surface area contributed by atoms with Crippen molar-refractivity contribution < 1.29 is 14.3 Å². The summed E-state index contributed by atoms with van der Waals surface area (Å²) in [6.45, 7) is 2.87. The summed E-state index contributed by atoms with van der Waals surface area (Å²) in [5.74, 6) is 0.936. The second kappa shape index (κ2) is 7.87. The van der Waals surface area contributed by atoms with Gasteiger partial charge in [0.25, 0.3) is 0 Å². The summed E-state index contributed by atoms with van der Waals surface area (Å²) < 4.78 is 10.4. The Morgan fingerprint density at radius 2 is 2.15 bits per heavy atom. The number of amides is 1. The van der Waals surface area contributed by atoms with Crippen molar-refractivity contribution in [3.63, 3.8) is 0 Å². The van der Waals surface area contributed by atoms with Crippen molar-refractivity contribution in [3.05, 3.63) is 24.3 Å². The van der Waals surface area contributed by atoms with Gasteiger partial charge in [0.1, 0.15) is 12.4 Å². The smallest absolute Gasteiger partial charge is 0.228 e. The lowest BCUT2D eigenvalue weighted by Crippen LogP contribution is -2.37. The zero-order valence-electron chi connectivity index (χ0n) is 11.9. The van der Waals surface area contributed by atoms with E-state index in [9.17, 15) is 4.79 Å². The second-order valence-electron chi connectivity index (χ2n) is 4.90. The minimum absolute atomic E-state index is 0.0707. The van der Waals surface area contributed by atoms with Gasteiger partial charge in [-0.3, -0.25) is 4.79 Å². The van der Waals surface area contributed by atoms with E-state index in [1.165, 1.54) is 0 Å². The highest BCUT2D eigenvalue weighted by Gasteiger charge is 2.20. The molecule has 1 fully saturated rings. The minimum Gasteiger partial charge on any atom is -0.491 e. The lowest BCUT2D eigenvalue weighted by atomic mass is 9.99. The van der Waals surface area contributed by atoms with Gasteiger partial charge in [-0.1, -0.05) is 0 Å². The SMILES string of the molecule is COCCOc1ccc(NC(=O)C2CCCNC2)cc1. The topological polar surface area (TPSA) is 59.6 Å². The Labute approximate surface area is 119 Å². The maximum atomic E-state index is 12.1. The van der Waals surface area contributed by atoms with Gasteiger partial charge in [-0.25, -0.2) is 0 Å². The van der Waals surface area contributed by atoms with E-state index in [1.54, 1.807) is 7.11 Å². The Hall–Kier alpha value is -1.59. The molecule has 2 N–H and O–H groups in total. The fraction of sp³-hybridized carbons (Fsp3) is 0.533. The molecular formula is C15H22N2O3. The molecule has 110 valence electrons. The number of hydrogen-bond acceptors (Lipinski definition) is 4. The normalized spacial score (nSPS) is 18.6. The van der Waals surface area contributed by atoms with Crippen LogP contribution in [0.15, 0.2) is 24.3 Å². The van der Waals surface area contributed by atoms with Crippen molar-refractivity contribution in [2.75, 3.05) is 38.7 Å². The molecule has 5 heteroatoms. The van der Waals surface area contributed by atoms with Crippen LogP contribution in [0.2, 0.25) is 0 Å². The van der Waals surface area contributed by atoms with Crippen molar-refractivity contribution in [1.29, 1.82) is 0 Å². The fourth-order valence-corrected chi connectivity index (χ4v) is 2.20. The molecule has 0 spiro atoms. The molecule has 0 bridgehead atoms. The van der Waals surface area contributed by atoms with E-state index >= 15 is 0 Å². The van der Waals surface area contributed by atoms with Crippen LogP contribution in [-0.4, -0.2) is 39.3 Å². The van der Waals surface area contributed by atoms with Gasteiger partial charge < -0.3 is 20.1 Å². The Balaban J connectivity index is 1.81. The van der Waals surface area contributed by atoms with Gasteiger partial charge in [-0.05, 0) is 43.7 Å². The summed E-state index contributed by atoms with van der Waals surface area (Å²) in [5, 5.41) is 6.19. The van der Waals surface area contributed by atoms with Crippen LogP contribution in [0, 0.1) is 5.92 Å². The molecule has 1 aliphatic rings. The van der Waals surface area contributed by atoms with Crippen molar-refractivity contribution in [1.82, 2.24) is 5.32 Å². The molecule has 1 saturated heterocycles. The molecule has 20 heavy (non-hydrogen) atoms. The van der Waals surface area contributed by atoms with Crippen LogP contribution in [0.25, 0.3) is 0 Å². The fourth-order valence-electron chi connectivity index (χ4n) is 2.20. The average molecular weight is 278 g/mol. The van der Waals surface area contributed by atoms with E-state index in [4.69, 9.17) is 9.47 Å². The van der Waals surface area contributed by atoms with E-state index < -0.39 is 0 Å². The molecule has 1 atom stereocenters. The van der Waals surface area contributed by atoms with E-state index in [0.29, 0.717) is 13.2 Å². The third-order valence-electron chi connectivity index (χ3n) is 3.35. The van der Waals surface area contributed by atoms with Crippen LogP contribution in [0.3, 0.4) is 0 Å².